The van der Waals surface area contributed by atoms with Gasteiger partial charge in [0.15, 0.2) is 0 Å². The third-order valence-electron chi connectivity index (χ3n) is 0.743. The summed E-state index contributed by atoms with van der Waals surface area (Å²) in [5.74, 6) is -1.99. The van der Waals surface area contributed by atoms with Gasteiger partial charge in [-0.2, -0.15) is 13.2 Å². The first-order chi connectivity index (χ1) is 4.98. The van der Waals surface area contributed by atoms with Crippen molar-refractivity contribution in [3.05, 3.63) is 0 Å². The second-order valence-electron chi connectivity index (χ2n) is 1.68. The summed E-state index contributed by atoms with van der Waals surface area (Å²) in [6.45, 7) is -0.290. The van der Waals surface area contributed by atoms with Crippen molar-refractivity contribution in [2.24, 2.45) is 0 Å². The zero-order chi connectivity index (χ0) is 8.91. The Balaban J connectivity index is 3.54. The fourth-order valence-corrected chi connectivity index (χ4v) is 0.410. The molecule has 0 aromatic carbocycles. The van der Waals surface area contributed by atoms with E-state index in [1.54, 1.807) is 0 Å². The number of alkyl halides is 4. The van der Waals surface area contributed by atoms with Gasteiger partial charge in [-0.1, -0.05) is 0 Å². The second kappa shape index (κ2) is 4.43. The molecule has 0 unspecified atom stereocenters. The van der Waals surface area contributed by atoms with Gasteiger partial charge in [0.25, 0.3) is 0 Å². The highest BCUT2D eigenvalue weighted by Gasteiger charge is 2.40. The lowest BCUT2D eigenvalue weighted by Gasteiger charge is -2.05. The molecule has 0 bridgehead atoms. The Bertz CT molecular complexity index is 134. The summed E-state index contributed by atoms with van der Waals surface area (Å²) < 4.78 is 37.9. The first kappa shape index (κ1) is 10.6. The molecule has 0 radical (unpaired) electrons. The molecule has 0 aliphatic carbocycles. The van der Waals surface area contributed by atoms with E-state index in [9.17, 15) is 18.0 Å². The van der Waals surface area contributed by atoms with E-state index in [0.717, 1.165) is 0 Å². The number of carbonyl (C=O) groups is 1. The molecular formula is C5H6ClF3O2. The van der Waals surface area contributed by atoms with Crippen molar-refractivity contribution in [1.29, 1.82) is 0 Å². The summed E-state index contributed by atoms with van der Waals surface area (Å²) >= 11 is 5.13. The second-order valence-corrected chi connectivity index (χ2v) is 2.05. The van der Waals surface area contributed by atoms with Crippen LogP contribution in [0.25, 0.3) is 0 Å². The lowest BCUT2D eigenvalue weighted by atomic mass is 10.5. The van der Waals surface area contributed by atoms with Crippen molar-refractivity contribution in [1.82, 2.24) is 0 Å². The molecule has 0 rings (SSSR count). The van der Waals surface area contributed by atoms with Crippen LogP contribution < -0.4 is 0 Å². The van der Waals surface area contributed by atoms with Gasteiger partial charge in [0, 0.05) is 5.88 Å². The highest BCUT2D eigenvalue weighted by atomic mass is 35.5. The smallest absolute Gasteiger partial charge is 0.459 e. The van der Waals surface area contributed by atoms with Gasteiger partial charge in [0.1, 0.15) is 0 Å². The monoisotopic (exact) mass is 190 g/mol. The predicted molar refractivity (Wildman–Crippen MR) is 32.4 cm³/mol. The molecule has 0 amide bonds. The Morgan fingerprint density at radius 1 is 1.45 bits per heavy atom. The average Bonchev–Trinajstić information content (AvgIpc) is 1.86. The van der Waals surface area contributed by atoms with Gasteiger partial charge in [-0.25, -0.2) is 4.79 Å². The fourth-order valence-electron chi connectivity index (χ4n) is 0.301. The van der Waals surface area contributed by atoms with Crippen LogP contribution in [0, 0.1) is 0 Å². The van der Waals surface area contributed by atoms with Crippen molar-refractivity contribution < 1.29 is 22.7 Å². The molecule has 0 aliphatic heterocycles. The minimum atomic E-state index is -4.90. The number of esters is 1. The lowest BCUT2D eigenvalue weighted by molar-refractivity contribution is -0.199. The highest BCUT2D eigenvalue weighted by molar-refractivity contribution is 6.17. The third kappa shape index (κ3) is 4.89. The van der Waals surface area contributed by atoms with Crippen LogP contribution in [0.2, 0.25) is 0 Å². The van der Waals surface area contributed by atoms with Crippen LogP contribution in [-0.2, 0) is 9.53 Å². The van der Waals surface area contributed by atoms with Crippen molar-refractivity contribution in [2.45, 2.75) is 12.6 Å². The number of halogens is 4. The summed E-state index contributed by atoms with van der Waals surface area (Å²) in [7, 11) is 0. The Morgan fingerprint density at radius 3 is 2.36 bits per heavy atom. The summed E-state index contributed by atoms with van der Waals surface area (Å²) in [6, 6.07) is 0. The van der Waals surface area contributed by atoms with Crippen molar-refractivity contribution in [3.63, 3.8) is 0 Å². The average molecular weight is 191 g/mol. The molecule has 2 nitrogen and oxygen atoms in total. The summed E-state index contributed by atoms with van der Waals surface area (Å²) in [5, 5.41) is 0. The van der Waals surface area contributed by atoms with Gasteiger partial charge < -0.3 is 4.74 Å². The van der Waals surface area contributed by atoms with Crippen LogP contribution in [0.5, 0.6) is 0 Å². The molecule has 0 heterocycles. The summed E-state index contributed by atoms with van der Waals surface area (Å²) in [5.41, 5.74) is 0. The molecule has 0 N–H and O–H groups in total. The van der Waals surface area contributed by atoms with E-state index in [0.29, 0.717) is 0 Å². The maximum absolute atomic E-state index is 11.4. The maximum Gasteiger partial charge on any atom is 0.490 e. The van der Waals surface area contributed by atoms with Crippen molar-refractivity contribution >= 4 is 17.6 Å². The van der Waals surface area contributed by atoms with E-state index in [-0.39, 0.29) is 18.9 Å². The number of hydrogen-bond acceptors (Lipinski definition) is 2. The molecule has 0 spiro atoms. The number of hydrogen-bond donors (Lipinski definition) is 0. The van der Waals surface area contributed by atoms with Gasteiger partial charge in [-0.15, -0.1) is 11.6 Å². The van der Waals surface area contributed by atoms with E-state index in [1.807, 2.05) is 0 Å². The topological polar surface area (TPSA) is 26.3 Å². The van der Waals surface area contributed by atoms with E-state index < -0.39 is 12.1 Å². The standard InChI is InChI=1S/C5H6ClF3O2/c6-2-1-3-11-4(10)5(7,8)9/h1-3H2. The van der Waals surface area contributed by atoms with Crippen molar-refractivity contribution in [3.8, 4) is 0 Å². The Hall–Kier alpha value is -0.450. The summed E-state index contributed by atoms with van der Waals surface area (Å²) in [4.78, 5) is 9.95. The van der Waals surface area contributed by atoms with Gasteiger partial charge in [0.2, 0.25) is 0 Å². The van der Waals surface area contributed by atoms with Crippen LogP contribution in [-0.4, -0.2) is 24.6 Å². The molecule has 6 heteroatoms. The van der Waals surface area contributed by atoms with Crippen LogP contribution in [0.1, 0.15) is 6.42 Å². The molecule has 11 heavy (non-hydrogen) atoms. The SMILES string of the molecule is O=C(OCCCCl)C(F)(F)F. The highest BCUT2D eigenvalue weighted by Crippen LogP contribution is 2.16. The molecule has 0 aliphatic rings. The van der Waals surface area contributed by atoms with Crippen LogP contribution in [0.15, 0.2) is 0 Å². The molecule has 0 saturated carbocycles. The molecule has 66 valence electrons. The minimum absolute atomic E-state index is 0.172. The van der Waals surface area contributed by atoms with Crippen LogP contribution in [0.3, 0.4) is 0 Å². The molecule has 0 aromatic heterocycles. The molecule has 0 saturated heterocycles. The number of ether oxygens (including phenoxy) is 1. The first-order valence-electron chi connectivity index (χ1n) is 2.78. The first-order valence-corrected chi connectivity index (χ1v) is 3.32. The zero-order valence-electron chi connectivity index (χ0n) is 5.45. The van der Waals surface area contributed by atoms with E-state index in [4.69, 9.17) is 11.6 Å². The quantitative estimate of drug-likeness (QED) is 0.385. The largest absolute Gasteiger partial charge is 0.490 e. The zero-order valence-corrected chi connectivity index (χ0v) is 6.21. The van der Waals surface area contributed by atoms with Crippen molar-refractivity contribution in [2.75, 3.05) is 12.5 Å². The van der Waals surface area contributed by atoms with E-state index in [2.05, 4.69) is 4.74 Å². The molecular weight excluding hydrogens is 184 g/mol. The lowest BCUT2D eigenvalue weighted by Crippen LogP contribution is -2.25. The molecule has 0 aromatic rings. The third-order valence-corrected chi connectivity index (χ3v) is 1.01. The molecule has 0 fully saturated rings. The van der Waals surface area contributed by atoms with Crippen LogP contribution in [0.4, 0.5) is 13.2 Å². The van der Waals surface area contributed by atoms with E-state index >= 15 is 0 Å². The van der Waals surface area contributed by atoms with Gasteiger partial charge in [-0.05, 0) is 6.42 Å². The Morgan fingerprint density at radius 2 is 2.00 bits per heavy atom. The van der Waals surface area contributed by atoms with Crippen LogP contribution >= 0.6 is 11.6 Å². The fraction of sp³-hybridized carbons (Fsp3) is 0.800. The summed E-state index contributed by atoms with van der Waals surface area (Å²) in [6.07, 6.45) is -4.67. The van der Waals surface area contributed by atoms with Gasteiger partial charge in [-0.3, -0.25) is 0 Å². The Labute approximate surface area is 66.3 Å². The molecule has 0 atom stereocenters. The maximum atomic E-state index is 11.4. The number of carbonyl (C=O) groups excluding carboxylic acids is 1. The Kier molecular flexibility index (Phi) is 4.25. The van der Waals surface area contributed by atoms with Gasteiger partial charge >= 0.3 is 12.1 Å². The minimum Gasteiger partial charge on any atom is -0.459 e. The normalized spacial score (nSPS) is 11.3. The predicted octanol–water partition coefficient (Wildman–Crippen LogP) is 1.72. The number of rotatable bonds is 3. The van der Waals surface area contributed by atoms with E-state index in [1.165, 1.54) is 0 Å². The van der Waals surface area contributed by atoms with Gasteiger partial charge in [0.05, 0.1) is 6.61 Å².